The first kappa shape index (κ1) is 26.9. The monoisotopic (exact) mass is 498 g/mol. The van der Waals surface area contributed by atoms with Gasteiger partial charge in [-0.15, -0.1) is 0 Å². The van der Waals surface area contributed by atoms with Gasteiger partial charge in [0.1, 0.15) is 11.5 Å². The zero-order valence-electron chi connectivity index (χ0n) is 21.7. The number of hydrogen-bond acceptors (Lipinski definition) is 8. The number of ether oxygens (including phenoxy) is 4. The van der Waals surface area contributed by atoms with Crippen LogP contribution in [0.4, 0.5) is 0 Å². The van der Waals surface area contributed by atoms with Crippen molar-refractivity contribution in [1.82, 2.24) is 9.80 Å². The number of likely N-dealkylation sites (tertiary alicyclic amines) is 1. The zero-order chi connectivity index (χ0) is 26.4. The molecule has 3 rings (SSSR count). The highest BCUT2D eigenvalue weighted by atomic mass is 16.5. The summed E-state index contributed by atoms with van der Waals surface area (Å²) in [4.78, 5) is 30.3. The van der Waals surface area contributed by atoms with Gasteiger partial charge in [-0.1, -0.05) is 26.0 Å². The van der Waals surface area contributed by atoms with Gasteiger partial charge in [0.15, 0.2) is 11.5 Å². The summed E-state index contributed by atoms with van der Waals surface area (Å²) in [6.07, 6.45) is 0. The molecule has 1 aliphatic heterocycles. The molecule has 1 aliphatic rings. The van der Waals surface area contributed by atoms with Gasteiger partial charge in [0.05, 0.1) is 40.1 Å². The van der Waals surface area contributed by atoms with E-state index in [0.29, 0.717) is 47.2 Å². The van der Waals surface area contributed by atoms with E-state index in [2.05, 4.69) is 4.90 Å². The van der Waals surface area contributed by atoms with Crippen LogP contribution in [0.15, 0.2) is 42.0 Å². The molecule has 1 unspecified atom stereocenters. The number of carbonyl (C=O) groups is 2. The Morgan fingerprint density at radius 3 is 2.11 bits per heavy atom. The maximum Gasteiger partial charge on any atom is 0.295 e. The summed E-state index contributed by atoms with van der Waals surface area (Å²) in [5, 5.41) is 11.3. The van der Waals surface area contributed by atoms with E-state index in [-0.39, 0.29) is 11.3 Å². The fourth-order valence-electron chi connectivity index (χ4n) is 4.43. The molecule has 0 radical (unpaired) electrons. The summed E-state index contributed by atoms with van der Waals surface area (Å²) in [6.45, 7) is 6.55. The molecule has 0 spiro atoms. The molecule has 1 heterocycles. The van der Waals surface area contributed by atoms with Crippen molar-refractivity contribution in [3.8, 4) is 23.0 Å². The SMILES string of the molecule is CCN(CC)CCN1C(=O)C(=O)/C(=C(/O)c2cccc(OC)c2)C1c1cc(OC)c(OC)c(OC)c1. The number of likely N-dealkylation sites (N-methyl/N-ethyl adjacent to an activating group) is 1. The second kappa shape index (κ2) is 11.8. The molecule has 9 heteroatoms. The number of carbonyl (C=O) groups excluding carboxylic acids is 2. The minimum atomic E-state index is -0.861. The molecule has 1 N–H and O–H groups in total. The number of methoxy groups -OCH3 is 4. The molecule has 36 heavy (non-hydrogen) atoms. The summed E-state index contributed by atoms with van der Waals surface area (Å²) in [5.74, 6) is -0.0591. The molecule has 1 atom stereocenters. The van der Waals surface area contributed by atoms with Crippen LogP contribution in [-0.2, 0) is 9.59 Å². The Hall–Kier alpha value is -3.72. The Morgan fingerprint density at radius 1 is 0.944 bits per heavy atom. The lowest BCUT2D eigenvalue weighted by Gasteiger charge is -2.29. The zero-order valence-corrected chi connectivity index (χ0v) is 21.7. The van der Waals surface area contributed by atoms with Crippen LogP contribution in [0.1, 0.15) is 31.0 Å². The number of hydrogen-bond donors (Lipinski definition) is 1. The van der Waals surface area contributed by atoms with E-state index in [1.165, 1.54) is 33.3 Å². The maximum atomic E-state index is 13.3. The lowest BCUT2D eigenvalue weighted by molar-refractivity contribution is -0.140. The number of benzene rings is 2. The van der Waals surface area contributed by atoms with E-state index in [1.807, 2.05) is 13.8 Å². The first-order valence-electron chi connectivity index (χ1n) is 11.8. The molecule has 0 bridgehead atoms. The second-order valence-electron chi connectivity index (χ2n) is 8.21. The van der Waals surface area contributed by atoms with Gasteiger partial charge < -0.3 is 33.9 Å². The standard InChI is InChI=1S/C27H34N2O7/c1-7-28(8-2)12-13-29-23(18-15-20(34-4)26(36-6)21(16-18)35-5)22(25(31)27(29)32)24(30)17-10-9-11-19(14-17)33-3/h9-11,14-16,23,30H,7-8,12-13H2,1-6H3/b24-22+. The maximum absolute atomic E-state index is 13.3. The first-order valence-corrected chi connectivity index (χ1v) is 11.8. The number of ketones is 1. The topological polar surface area (TPSA) is 97.8 Å². The fraction of sp³-hybridized carbons (Fsp3) is 0.407. The summed E-state index contributed by atoms with van der Waals surface area (Å²) in [5.41, 5.74) is 0.906. The van der Waals surface area contributed by atoms with Gasteiger partial charge >= 0.3 is 0 Å². The first-order chi connectivity index (χ1) is 17.3. The molecular formula is C27H34N2O7. The highest BCUT2D eigenvalue weighted by Gasteiger charge is 2.46. The fourth-order valence-corrected chi connectivity index (χ4v) is 4.43. The largest absolute Gasteiger partial charge is 0.507 e. The Labute approximate surface area is 211 Å². The average Bonchev–Trinajstić information content (AvgIpc) is 3.17. The van der Waals surface area contributed by atoms with Crippen molar-refractivity contribution in [2.45, 2.75) is 19.9 Å². The number of Topliss-reactive ketones (excluding diaryl/α,β-unsaturated/α-hetero) is 1. The second-order valence-corrected chi connectivity index (χ2v) is 8.21. The lowest BCUT2D eigenvalue weighted by Crippen LogP contribution is -2.38. The summed E-state index contributed by atoms with van der Waals surface area (Å²) >= 11 is 0. The van der Waals surface area contributed by atoms with Crippen molar-refractivity contribution < 1.29 is 33.6 Å². The smallest absolute Gasteiger partial charge is 0.295 e. The van der Waals surface area contributed by atoms with Gasteiger partial charge in [-0.2, -0.15) is 0 Å². The van der Waals surface area contributed by atoms with Crippen LogP contribution in [0, 0.1) is 0 Å². The number of aliphatic hydroxyl groups is 1. The van der Waals surface area contributed by atoms with E-state index >= 15 is 0 Å². The molecule has 1 fully saturated rings. The third-order valence-corrected chi connectivity index (χ3v) is 6.44. The van der Waals surface area contributed by atoms with E-state index in [1.54, 1.807) is 36.4 Å². The predicted molar refractivity (Wildman–Crippen MR) is 136 cm³/mol. The highest BCUT2D eigenvalue weighted by Crippen LogP contribution is 2.45. The highest BCUT2D eigenvalue weighted by molar-refractivity contribution is 6.46. The van der Waals surface area contributed by atoms with Crippen LogP contribution in [0.2, 0.25) is 0 Å². The molecule has 1 saturated heterocycles. The van der Waals surface area contributed by atoms with Crippen LogP contribution in [0.5, 0.6) is 23.0 Å². The minimum Gasteiger partial charge on any atom is -0.507 e. The lowest BCUT2D eigenvalue weighted by atomic mass is 9.94. The predicted octanol–water partition coefficient (Wildman–Crippen LogP) is 3.48. The van der Waals surface area contributed by atoms with Crippen LogP contribution in [0.25, 0.3) is 5.76 Å². The van der Waals surface area contributed by atoms with Crippen molar-refractivity contribution in [3.63, 3.8) is 0 Å². The van der Waals surface area contributed by atoms with Gasteiger partial charge in [0.25, 0.3) is 11.7 Å². The van der Waals surface area contributed by atoms with Crippen molar-refractivity contribution >= 4 is 17.4 Å². The summed E-state index contributed by atoms with van der Waals surface area (Å²) in [7, 11) is 6.00. The molecule has 0 aromatic heterocycles. The Kier molecular flexibility index (Phi) is 8.82. The van der Waals surface area contributed by atoms with Crippen LogP contribution < -0.4 is 18.9 Å². The Bertz CT molecular complexity index is 1120. The quantitative estimate of drug-likeness (QED) is 0.286. The third-order valence-electron chi connectivity index (χ3n) is 6.44. The van der Waals surface area contributed by atoms with Crippen molar-refractivity contribution in [2.75, 3.05) is 54.6 Å². The number of nitrogens with zero attached hydrogens (tertiary/aromatic N) is 2. The average molecular weight is 499 g/mol. The van der Waals surface area contributed by atoms with Crippen LogP contribution >= 0.6 is 0 Å². The normalized spacial score (nSPS) is 17.0. The van der Waals surface area contributed by atoms with Gasteiger partial charge in [0, 0.05) is 18.7 Å². The van der Waals surface area contributed by atoms with Crippen LogP contribution in [0.3, 0.4) is 0 Å². The van der Waals surface area contributed by atoms with Gasteiger partial charge in [-0.05, 0) is 42.9 Å². The van der Waals surface area contributed by atoms with Gasteiger partial charge in [-0.3, -0.25) is 9.59 Å². The van der Waals surface area contributed by atoms with E-state index in [9.17, 15) is 14.7 Å². The van der Waals surface area contributed by atoms with Gasteiger partial charge in [-0.25, -0.2) is 0 Å². The molecule has 0 saturated carbocycles. The molecule has 2 aromatic carbocycles. The van der Waals surface area contributed by atoms with E-state index in [0.717, 1.165) is 13.1 Å². The van der Waals surface area contributed by atoms with Crippen LogP contribution in [-0.4, -0.2) is 81.2 Å². The number of aliphatic hydroxyl groups excluding tert-OH is 1. The Morgan fingerprint density at radius 2 is 1.58 bits per heavy atom. The summed E-state index contributed by atoms with van der Waals surface area (Å²) in [6, 6.07) is 9.25. The molecule has 2 aromatic rings. The third kappa shape index (κ3) is 5.11. The Balaban J connectivity index is 2.23. The molecular weight excluding hydrogens is 464 g/mol. The van der Waals surface area contributed by atoms with Crippen molar-refractivity contribution in [2.24, 2.45) is 0 Å². The molecule has 9 nitrogen and oxygen atoms in total. The molecule has 194 valence electrons. The van der Waals surface area contributed by atoms with Gasteiger partial charge in [0.2, 0.25) is 5.75 Å². The van der Waals surface area contributed by atoms with E-state index < -0.39 is 17.7 Å². The number of rotatable bonds is 11. The van der Waals surface area contributed by atoms with Crippen molar-refractivity contribution in [3.05, 3.63) is 53.1 Å². The van der Waals surface area contributed by atoms with E-state index in [4.69, 9.17) is 18.9 Å². The van der Waals surface area contributed by atoms with Crippen molar-refractivity contribution in [1.29, 1.82) is 0 Å². The minimum absolute atomic E-state index is 0.0120. The molecule has 0 aliphatic carbocycles. The number of amides is 1. The summed E-state index contributed by atoms with van der Waals surface area (Å²) < 4.78 is 21.7. The molecule has 1 amide bonds.